The second-order valence-electron chi connectivity index (χ2n) is 9.36. The number of fused-ring (bicyclic) bond motifs is 1. The van der Waals surface area contributed by atoms with Crippen molar-refractivity contribution in [2.45, 2.75) is 47.0 Å². The molecule has 2 amide bonds. The average Bonchev–Trinajstić information content (AvgIpc) is 3.31. The largest absolute Gasteiger partial charge is 0.456 e. The number of hydrogen-bond acceptors (Lipinski definition) is 4. The van der Waals surface area contributed by atoms with Gasteiger partial charge in [0.1, 0.15) is 5.76 Å². The van der Waals surface area contributed by atoms with E-state index in [0.717, 1.165) is 23.5 Å². The molecule has 1 aliphatic heterocycles. The Bertz CT molecular complexity index is 913. The molecular weight excluding hydrogens is 384 g/mol. The maximum Gasteiger partial charge on any atom is 0.289 e. The van der Waals surface area contributed by atoms with Crippen LogP contribution in [0.5, 0.6) is 0 Å². The van der Waals surface area contributed by atoms with Crippen molar-refractivity contribution >= 4 is 23.2 Å². The summed E-state index contributed by atoms with van der Waals surface area (Å²) in [7, 11) is 0. The minimum Gasteiger partial charge on any atom is -0.456 e. The van der Waals surface area contributed by atoms with Crippen LogP contribution >= 0.6 is 11.3 Å². The number of carbonyl (C=O) groups is 2. The molecule has 1 saturated heterocycles. The van der Waals surface area contributed by atoms with E-state index in [-0.39, 0.29) is 11.8 Å². The Morgan fingerprint density at radius 3 is 2.31 bits per heavy atom. The van der Waals surface area contributed by atoms with E-state index in [9.17, 15) is 9.59 Å². The summed E-state index contributed by atoms with van der Waals surface area (Å²) in [4.78, 5) is 31.5. The minimum atomic E-state index is -0.0926. The molecule has 156 valence electrons. The van der Waals surface area contributed by atoms with Crippen molar-refractivity contribution in [3.63, 3.8) is 0 Å². The lowest BCUT2D eigenvalue weighted by atomic mass is 9.72. The third kappa shape index (κ3) is 4.13. The SMILES string of the molecule is Cc1ccc(C(=O)N2CCN(C(=O)c3cc4c(s3)CCC(C(C)(C)C)C4)CC2)o1. The highest BCUT2D eigenvalue weighted by Crippen LogP contribution is 2.40. The van der Waals surface area contributed by atoms with Gasteiger partial charge in [-0.25, -0.2) is 0 Å². The van der Waals surface area contributed by atoms with Crippen LogP contribution in [0.15, 0.2) is 22.6 Å². The van der Waals surface area contributed by atoms with Crippen LogP contribution in [-0.2, 0) is 12.8 Å². The van der Waals surface area contributed by atoms with E-state index in [1.165, 1.54) is 16.9 Å². The molecule has 1 aliphatic carbocycles. The van der Waals surface area contributed by atoms with E-state index < -0.39 is 0 Å². The Labute approximate surface area is 176 Å². The van der Waals surface area contributed by atoms with Crippen LogP contribution in [0.4, 0.5) is 0 Å². The third-order valence-electron chi connectivity index (χ3n) is 6.32. The molecule has 6 heteroatoms. The van der Waals surface area contributed by atoms with E-state index in [2.05, 4.69) is 26.8 Å². The van der Waals surface area contributed by atoms with E-state index in [1.807, 2.05) is 11.8 Å². The number of piperazine rings is 1. The molecule has 1 fully saturated rings. The van der Waals surface area contributed by atoms with Gasteiger partial charge in [0.15, 0.2) is 5.76 Å². The molecule has 0 bridgehead atoms. The van der Waals surface area contributed by atoms with Gasteiger partial charge >= 0.3 is 0 Å². The lowest BCUT2D eigenvalue weighted by Gasteiger charge is -2.34. The number of rotatable bonds is 2. The fourth-order valence-corrected chi connectivity index (χ4v) is 5.52. The molecule has 1 unspecified atom stereocenters. The highest BCUT2D eigenvalue weighted by molar-refractivity contribution is 7.14. The van der Waals surface area contributed by atoms with Crippen molar-refractivity contribution in [1.82, 2.24) is 9.80 Å². The second kappa shape index (κ2) is 7.63. The zero-order valence-corrected chi connectivity index (χ0v) is 18.6. The van der Waals surface area contributed by atoms with Gasteiger partial charge in [-0.15, -0.1) is 11.3 Å². The maximum absolute atomic E-state index is 13.1. The molecule has 2 aliphatic rings. The normalized spacial score (nSPS) is 19.9. The monoisotopic (exact) mass is 414 g/mol. The van der Waals surface area contributed by atoms with Crippen molar-refractivity contribution in [1.29, 1.82) is 0 Å². The van der Waals surface area contributed by atoms with Crippen molar-refractivity contribution in [2.75, 3.05) is 26.2 Å². The van der Waals surface area contributed by atoms with Gasteiger partial charge < -0.3 is 14.2 Å². The van der Waals surface area contributed by atoms with Crippen molar-refractivity contribution in [2.24, 2.45) is 11.3 Å². The smallest absolute Gasteiger partial charge is 0.289 e. The van der Waals surface area contributed by atoms with Gasteiger partial charge in [0.25, 0.3) is 11.8 Å². The first kappa shape index (κ1) is 20.2. The van der Waals surface area contributed by atoms with Gasteiger partial charge in [0.2, 0.25) is 0 Å². The topological polar surface area (TPSA) is 53.8 Å². The second-order valence-corrected chi connectivity index (χ2v) is 10.5. The molecular formula is C23H30N2O3S. The van der Waals surface area contributed by atoms with E-state index in [1.54, 1.807) is 28.4 Å². The first-order valence-corrected chi connectivity index (χ1v) is 11.3. The lowest BCUT2D eigenvalue weighted by molar-refractivity contribution is 0.0520. The zero-order chi connectivity index (χ0) is 20.8. The number of carbonyl (C=O) groups excluding carboxylic acids is 2. The molecule has 4 rings (SSSR count). The average molecular weight is 415 g/mol. The number of thiophene rings is 1. The van der Waals surface area contributed by atoms with Gasteiger partial charge in [-0.2, -0.15) is 0 Å². The standard InChI is InChI=1S/C23H30N2O3S/c1-15-5-7-18(28-15)21(26)24-9-11-25(12-10-24)22(27)20-14-16-13-17(23(2,3)4)6-8-19(16)29-20/h5,7,14,17H,6,8-13H2,1-4H3. The Morgan fingerprint density at radius 1 is 1.07 bits per heavy atom. The van der Waals surface area contributed by atoms with Crippen LogP contribution in [-0.4, -0.2) is 47.8 Å². The summed E-state index contributed by atoms with van der Waals surface area (Å²) >= 11 is 1.67. The number of hydrogen-bond donors (Lipinski definition) is 0. The fourth-order valence-electron chi connectivity index (χ4n) is 4.34. The lowest BCUT2D eigenvalue weighted by Crippen LogP contribution is -2.50. The van der Waals surface area contributed by atoms with Gasteiger partial charge in [0.05, 0.1) is 4.88 Å². The van der Waals surface area contributed by atoms with Crippen LogP contribution in [0.1, 0.15) is 63.6 Å². The minimum absolute atomic E-state index is 0.0926. The summed E-state index contributed by atoms with van der Waals surface area (Å²) in [5.74, 6) is 1.80. The number of furan rings is 1. The maximum atomic E-state index is 13.1. The summed E-state index contributed by atoms with van der Waals surface area (Å²) < 4.78 is 5.45. The summed E-state index contributed by atoms with van der Waals surface area (Å²) in [6.07, 6.45) is 3.37. The fraction of sp³-hybridized carbons (Fsp3) is 0.565. The van der Waals surface area contributed by atoms with Crippen LogP contribution in [0, 0.1) is 18.3 Å². The Kier molecular flexibility index (Phi) is 5.32. The highest BCUT2D eigenvalue weighted by atomic mass is 32.1. The van der Waals surface area contributed by atoms with Gasteiger partial charge in [-0.3, -0.25) is 9.59 Å². The van der Waals surface area contributed by atoms with E-state index in [0.29, 0.717) is 43.3 Å². The van der Waals surface area contributed by atoms with Crippen LogP contribution in [0.3, 0.4) is 0 Å². The first-order valence-electron chi connectivity index (χ1n) is 10.5. The molecule has 0 spiro atoms. The van der Waals surface area contributed by atoms with Crippen molar-refractivity contribution in [3.05, 3.63) is 45.0 Å². The summed E-state index contributed by atoms with van der Waals surface area (Å²) in [5, 5.41) is 0. The molecule has 3 heterocycles. The molecule has 0 radical (unpaired) electrons. The molecule has 0 aromatic carbocycles. The predicted octanol–water partition coefficient (Wildman–Crippen LogP) is 4.40. The Hall–Kier alpha value is -2.08. The van der Waals surface area contributed by atoms with E-state index >= 15 is 0 Å². The number of nitrogens with zero attached hydrogens (tertiary/aromatic N) is 2. The van der Waals surface area contributed by atoms with Crippen LogP contribution in [0.2, 0.25) is 0 Å². The highest BCUT2D eigenvalue weighted by Gasteiger charge is 2.32. The van der Waals surface area contributed by atoms with Gasteiger partial charge in [-0.05, 0) is 61.3 Å². The molecule has 0 N–H and O–H groups in total. The molecule has 5 nitrogen and oxygen atoms in total. The van der Waals surface area contributed by atoms with Crippen LogP contribution in [0.25, 0.3) is 0 Å². The summed E-state index contributed by atoms with van der Waals surface area (Å²) in [6.45, 7) is 11.0. The summed E-state index contributed by atoms with van der Waals surface area (Å²) in [5.41, 5.74) is 1.67. The van der Waals surface area contributed by atoms with Gasteiger partial charge in [-0.1, -0.05) is 20.8 Å². The molecule has 0 saturated carbocycles. The Balaban J connectivity index is 1.38. The first-order chi connectivity index (χ1) is 13.7. The third-order valence-corrected chi connectivity index (χ3v) is 7.55. The number of aryl methyl sites for hydroxylation is 2. The van der Waals surface area contributed by atoms with Crippen molar-refractivity contribution < 1.29 is 14.0 Å². The molecule has 2 aromatic heterocycles. The van der Waals surface area contributed by atoms with Gasteiger partial charge in [0, 0.05) is 31.1 Å². The number of amides is 2. The molecule has 2 aromatic rings. The molecule has 29 heavy (non-hydrogen) atoms. The quantitative estimate of drug-likeness (QED) is 0.732. The Morgan fingerprint density at radius 2 is 1.72 bits per heavy atom. The van der Waals surface area contributed by atoms with Crippen LogP contribution < -0.4 is 0 Å². The summed E-state index contributed by atoms with van der Waals surface area (Å²) in [6, 6.07) is 5.65. The van der Waals surface area contributed by atoms with E-state index in [4.69, 9.17) is 4.42 Å². The zero-order valence-electron chi connectivity index (χ0n) is 17.8. The predicted molar refractivity (Wildman–Crippen MR) is 115 cm³/mol. The molecule has 1 atom stereocenters. The van der Waals surface area contributed by atoms with Crippen molar-refractivity contribution in [3.8, 4) is 0 Å².